The highest BCUT2D eigenvalue weighted by atomic mass is 19.1. The molecule has 1 heterocycles. The van der Waals surface area contributed by atoms with E-state index in [1.165, 1.54) is 0 Å². The van der Waals surface area contributed by atoms with Gasteiger partial charge in [-0.05, 0) is 30.9 Å². The lowest BCUT2D eigenvalue weighted by atomic mass is 9.98. The zero-order valence-electron chi connectivity index (χ0n) is 9.98. The van der Waals surface area contributed by atoms with Crippen LogP contribution in [0.25, 0.3) is 0 Å². The first kappa shape index (κ1) is 13.1. The average Bonchev–Trinajstić information content (AvgIpc) is 2.15. The lowest BCUT2D eigenvalue weighted by Gasteiger charge is -2.11. The number of aromatic nitrogens is 1. The minimum atomic E-state index is -0.148. The Balaban J connectivity index is 0.000000791. The van der Waals surface area contributed by atoms with Crippen LogP contribution in [0, 0.1) is 19.7 Å². The molecule has 1 aromatic rings. The molecule has 0 fully saturated rings. The summed E-state index contributed by atoms with van der Waals surface area (Å²) < 4.78 is 13.5. The zero-order valence-corrected chi connectivity index (χ0v) is 9.98. The molecule has 0 spiro atoms. The smallest absolute Gasteiger partial charge is 0.148 e. The minimum absolute atomic E-state index is 0.148. The Bertz CT molecular complexity index is 293. The van der Waals surface area contributed by atoms with Gasteiger partial charge in [-0.2, -0.15) is 0 Å². The molecule has 0 atom stereocenters. The first-order valence-corrected chi connectivity index (χ1v) is 5.15. The topological polar surface area (TPSA) is 12.9 Å². The van der Waals surface area contributed by atoms with Crippen molar-refractivity contribution in [1.29, 1.82) is 0 Å². The molecule has 0 aliphatic heterocycles. The third-order valence-electron chi connectivity index (χ3n) is 2.01. The highest BCUT2D eigenvalue weighted by molar-refractivity contribution is 5.29. The molecule has 0 aliphatic carbocycles. The molecule has 1 nitrogen and oxygen atoms in total. The van der Waals surface area contributed by atoms with Gasteiger partial charge in [-0.15, -0.1) is 0 Å². The largest absolute Gasteiger partial charge is 0.258 e. The molecule has 80 valence electrons. The summed E-state index contributed by atoms with van der Waals surface area (Å²) in [4.78, 5) is 3.95. The van der Waals surface area contributed by atoms with Gasteiger partial charge in [0.05, 0.1) is 5.69 Å². The summed E-state index contributed by atoms with van der Waals surface area (Å²) in [6.45, 7) is 11.6. The third-order valence-corrected chi connectivity index (χ3v) is 2.01. The molecule has 0 bridgehead atoms. The van der Waals surface area contributed by atoms with E-state index in [0.29, 0.717) is 5.69 Å². The standard InChI is InChI=1S/C10H14FN.C2H6/c1-6(2)9-7(3)5-12-8(4)10(9)11;1-2/h5-6H,1-4H3;1-2H3. The SMILES string of the molecule is CC.Cc1cnc(C)c(F)c1C(C)C. The Morgan fingerprint density at radius 1 is 1.21 bits per heavy atom. The van der Waals surface area contributed by atoms with Crippen molar-refractivity contribution in [2.45, 2.75) is 47.5 Å². The van der Waals surface area contributed by atoms with Gasteiger partial charge in [0.25, 0.3) is 0 Å². The zero-order chi connectivity index (χ0) is 11.3. The molecule has 1 aromatic heterocycles. The van der Waals surface area contributed by atoms with E-state index in [1.807, 2.05) is 34.6 Å². The molecule has 0 radical (unpaired) electrons. The number of pyridine rings is 1. The van der Waals surface area contributed by atoms with Crippen molar-refractivity contribution in [3.63, 3.8) is 0 Å². The first-order valence-electron chi connectivity index (χ1n) is 5.15. The van der Waals surface area contributed by atoms with Gasteiger partial charge in [-0.25, -0.2) is 4.39 Å². The van der Waals surface area contributed by atoms with Crippen molar-refractivity contribution >= 4 is 0 Å². The fourth-order valence-corrected chi connectivity index (χ4v) is 1.40. The van der Waals surface area contributed by atoms with E-state index in [0.717, 1.165) is 11.1 Å². The van der Waals surface area contributed by atoms with Crippen molar-refractivity contribution < 1.29 is 4.39 Å². The lowest BCUT2D eigenvalue weighted by Crippen LogP contribution is -2.01. The fourth-order valence-electron chi connectivity index (χ4n) is 1.40. The second-order valence-electron chi connectivity index (χ2n) is 3.41. The van der Waals surface area contributed by atoms with E-state index in [2.05, 4.69) is 4.98 Å². The third kappa shape index (κ3) is 2.79. The van der Waals surface area contributed by atoms with E-state index in [9.17, 15) is 4.39 Å². The van der Waals surface area contributed by atoms with Crippen LogP contribution in [0.1, 0.15) is 50.4 Å². The normalized spacial score (nSPS) is 9.71. The highest BCUT2D eigenvalue weighted by Gasteiger charge is 2.12. The van der Waals surface area contributed by atoms with Gasteiger partial charge in [-0.3, -0.25) is 4.98 Å². The summed E-state index contributed by atoms with van der Waals surface area (Å²) in [5, 5.41) is 0. The van der Waals surface area contributed by atoms with Crippen molar-refractivity contribution in [1.82, 2.24) is 4.98 Å². The maximum atomic E-state index is 13.5. The second-order valence-corrected chi connectivity index (χ2v) is 3.41. The summed E-state index contributed by atoms with van der Waals surface area (Å²) in [6.07, 6.45) is 1.73. The van der Waals surface area contributed by atoms with Gasteiger partial charge in [0, 0.05) is 6.20 Å². The number of hydrogen-bond acceptors (Lipinski definition) is 1. The number of hydrogen-bond donors (Lipinski definition) is 0. The number of halogens is 1. The highest BCUT2D eigenvalue weighted by Crippen LogP contribution is 2.22. The first-order chi connectivity index (χ1) is 6.54. The van der Waals surface area contributed by atoms with Crippen LogP contribution in [-0.4, -0.2) is 4.98 Å². The number of aryl methyl sites for hydroxylation is 2. The van der Waals surface area contributed by atoms with Crippen LogP contribution in [0.15, 0.2) is 6.20 Å². The van der Waals surface area contributed by atoms with Gasteiger partial charge >= 0.3 is 0 Å². The Kier molecular flexibility index (Phi) is 5.36. The van der Waals surface area contributed by atoms with Crippen LogP contribution in [0.4, 0.5) is 4.39 Å². The van der Waals surface area contributed by atoms with E-state index in [1.54, 1.807) is 13.1 Å². The maximum absolute atomic E-state index is 13.5. The second kappa shape index (κ2) is 5.74. The molecule has 0 saturated heterocycles. The van der Waals surface area contributed by atoms with Gasteiger partial charge in [0.1, 0.15) is 5.82 Å². The Morgan fingerprint density at radius 2 is 1.71 bits per heavy atom. The number of rotatable bonds is 1. The van der Waals surface area contributed by atoms with Crippen LogP contribution in [0.3, 0.4) is 0 Å². The van der Waals surface area contributed by atoms with E-state index >= 15 is 0 Å². The van der Waals surface area contributed by atoms with Crippen LogP contribution in [0.5, 0.6) is 0 Å². The molecular formula is C12H20FN. The lowest BCUT2D eigenvalue weighted by molar-refractivity contribution is 0.578. The van der Waals surface area contributed by atoms with Crippen LogP contribution in [-0.2, 0) is 0 Å². The predicted octanol–water partition coefficient (Wildman–Crippen LogP) is 3.99. The number of nitrogens with zero attached hydrogens (tertiary/aromatic N) is 1. The molecule has 0 saturated carbocycles. The van der Waals surface area contributed by atoms with Gasteiger partial charge in [0.2, 0.25) is 0 Å². The predicted molar refractivity (Wildman–Crippen MR) is 59.1 cm³/mol. The molecule has 0 aromatic carbocycles. The molecule has 1 rings (SSSR count). The minimum Gasteiger partial charge on any atom is -0.258 e. The molecule has 0 amide bonds. The summed E-state index contributed by atoms with van der Waals surface area (Å²) in [7, 11) is 0. The quantitative estimate of drug-likeness (QED) is 0.663. The van der Waals surface area contributed by atoms with Gasteiger partial charge < -0.3 is 0 Å². The average molecular weight is 197 g/mol. The summed E-state index contributed by atoms with van der Waals surface area (Å²) >= 11 is 0. The molecule has 14 heavy (non-hydrogen) atoms. The molecule has 0 N–H and O–H groups in total. The van der Waals surface area contributed by atoms with Crippen LogP contribution in [0.2, 0.25) is 0 Å². The van der Waals surface area contributed by atoms with Crippen molar-refractivity contribution in [2.75, 3.05) is 0 Å². The molecule has 0 unspecified atom stereocenters. The summed E-state index contributed by atoms with van der Waals surface area (Å²) in [5.41, 5.74) is 2.22. The van der Waals surface area contributed by atoms with E-state index in [4.69, 9.17) is 0 Å². The van der Waals surface area contributed by atoms with Gasteiger partial charge in [-0.1, -0.05) is 27.7 Å². The molecule has 2 heteroatoms. The van der Waals surface area contributed by atoms with Crippen molar-refractivity contribution in [3.05, 3.63) is 28.8 Å². The fraction of sp³-hybridized carbons (Fsp3) is 0.583. The molecular weight excluding hydrogens is 177 g/mol. The summed E-state index contributed by atoms with van der Waals surface area (Å²) in [6, 6.07) is 0. The Morgan fingerprint density at radius 3 is 2.07 bits per heavy atom. The van der Waals surface area contributed by atoms with Gasteiger partial charge in [0.15, 0.2) is 0 Å². The summed E-state index contributed by atoms with van der Waals surface area (Å²) in [5.74, 6) is 0.0803. The maximum Gasteiger partial charge on any atom is 0.148 e. The monoisotopic (exact) mass is 197 g/mol. The van der Waals surface area contributed by atoms with Crippen LogP contribution >= 0.6 is 0 Å². The Labute approximate surface area is 86.4 Å². The van der Waals surface area contributed by atoms with Crippen LogP contribution < -0.4 is 0 Å². The van der Waals surface area contributed by atoms with E-state index < -0.39 is 0 Å². The van der Waals surface area contributed by atoms with Crippen molar-refractivity contribution in [2.24, 2.45) is 0 Å². The van der Waals surface area contributed by atoms with E-state index in [-0.39, 0.29) is 11.7 Å². The molecule has 0 aliphatic rings. The van der Waals surface area contributed by atoms with Crippen molar-refractivity contribution in [3.8, 4) is 0 Å². The Hall–Kier alpha value is -0.920.